The minimum Gasteiger partial charge on any atom is -0.192 e. The monoisotopic (exact) mass is 1010 g/mol. The summed E-state index contributed by atoms with van der Waals surface area (Å²) in [5.41, 5.74) is 25.4. The first kappa shape index (κ1) is 46.6. The van der Waals surface area contributed by atoms with Gasteiger partial charge in [-0.3, -0.25) is 0 Å². The summed E-state index contributed by atoms with van der Waals surface area (Å²) >= 11 is 0. The van der Waals surface area contributed by atoms with Gasteiger partial charge in [-0.05, 0) is 98.0 Å². The van der Waals surface area contributed by atoms with E-state index in [1.54, 1.807) is 0 Å². The Morgan fingerprint density at radius 1 is 0.215 bits per heavy atom. The Kier molecular flexibility index (Phi) is 10.2. The molecular weight excluding hydrogens is 959 g/mol. The first-order valence-corrected chi connectivity index (χ1v) is 28.4. The minimum absolute atomic E-state index is 0. The maximum absolute atomic E-state index is 2.52. The molecule has 79 heavy (non-hydrogen) atoms. The summed E-state index contributed by atoms with van der Waals surface area (Å²) in [5, 5.41) is 16.4. The van der Waals surface area contributed by atoms with Crippen LogP contribution in [0.15, 0.2) is 218 Å². The van der Waals surface area contributed by atoms with Crippen molar-refractivity contribution in [2.75, 3.05) is 0 Å². The predicted octanol–water partition coefficient (Wildman–Crippen LogP) is 20.0. The van der Waals surface area contributed by atoms with Gasteiger partial charge in [-0.15, -0.1) is 0 Å². The van der Waals surface area contributed by atoms with Crippen LogP contribution >= 0.6 is 0 Å². The number of benzene rings is 12. The van der Waals surface area contributed by atoms with Crippen LogP contribution in [0.4, 0.5) is 0 Å². The number of hydrogen-bond donors (Lipinski definition) is 0. The van der Waals surface area contributed by atoms with Crippen molar-refractivity contribution in [3.63, 3.8) is 0 Å². The molecule has 0 fully saturated rings. The second-order valence-electron chi connectivity index (χ2n) is 23.0. The molecule has 0 saturated carbocycles. The van der Waals surface area contributed by atoms with Crippen LogP contribution in [-0.2, 0) is 0 Å². The Hall–Kier alpha value is -8.46. The molecule has 18 rings (SSSR count). The third kappa shape index (κ3) is 6.24. The van der Waals surface area contributed by atoms with Gasteiger partial charge in [0, 0.05) is 0 Å². The van der Waals surface area contributed by atoms with Gasteiger partial charge < -0.3 is 0 Å². The predicted molar refractivity (Wildman–Crippen MR) is 349 cm³/mol. The van der Waals surface area contributed by atoms with Crippen molar-refractivity contribution in [3.05, 3.63) is 285 Å². The molecule has 0 N–H and O–H groups in total. The van der Waals surface area contributed by atoms with Gasteiger partial charge in [0.1, 0.15) is 0 Å². The van der Waals surface area contributed by atoms with E-state index in [0.29, 0.717) is 0 Å². The average molecular weight is 1010 g/mol. The van der Waals surface area contributed by atoms with E-state index in [1.807, 2.05) is 0 Å². The molecule has 0 atom stereocenters. The van der Waals surface area contributed by atoms with Crippen molar-refractivity contribution in [1.82, 2.24) is 0 Å². The van der Waals surface area contributed by atoms with Crippen molar-refractivity contribution >= 4 is 169 Å². The van der Waals surface area contributed by atoms with Gasteiger partial charge in [0.2, 0.25) is 0 Å². The summed E-state index contributed by atoms with van der Waals surface area (Å²) in [5.74, 6) is 0. The largest absolute Gasteiger partial charge is 2.00 e. The summed E-state index contributed by atoms with van der Waals surface area (Å²) in [6, 6.07) is 81.8. The van der Waals surface area contributed by atoms with Crippen LogP contribution < -0.4 is 0 Å². The van der Waals surface area contributed by atoms with E-state index in [-0.39, 0.29) is 23.1 Å². The van der Waals surface area contributed by atoms with E-state index in [0.717, 1.165) is 12.6 Å². The smallest absolute Gasteiger partial charge is 0.192 e. The molecule has 0 spiro atoms. The molecule has 0 aromatic heterocycles. The third-order valence-electron chi connectivity index (χ3n) is 19.8. The van der Waals surface area contributed by atoms with E-state index in [9.17, 15) is 0 Å². The van der Waals surface area contributed by atoms with E-state index in [2.05, 4.69) is 269 Å². The van der Waals surface area contributed by atoms with E-state index in [1.165, 1.54) is 164 Å². The Morgan fingerprint density at radius 2 is 0.367 bits per heavy atom. The van der Waals surface area contributed by atoms with Crippen LogP contribution in [0, 0.1) is 0 Å². The molecule has 0 unspecified atom stereocenters. The van der Waals surface area contributed by atoms with E-state index < -0.39 is 12.3 Å². The normalized spacial score (nSPS) is 14.7. The minimum atomic E-state index is -1.30. The van der Waals surface area contributed by atoms with E-state index in [4.69, 9.17) is 0 Å². The van der Waals surface area contributed by atoms with Crippen LogP contribution in [0.5, 0.6) is 0 Å². The van der Waals surface area contributed by atoms with Crippen LogP contribution in [-0.4, -0.2) is 35.3 Å². The summed E-state index contributed by atoms with van der Waals surface area (Å²) in [7, 11) is 0. The molecular formula is C76H52B2Mg. The summed E-state index contributed by atoms with van der Waals surface area (Å²) in [6.07, 6.45) is 14.6. The Balaban J connectivity index is 0.000000130. The Bertz CT molecular complexity index is 4110. The fraction of sp³-hybridized carbons (Fsp3) is 0.0526. The molecule has 0 amide bonds. The van der Waals surface area contributed by atoms with Gasteiger partial charge >= 0.3 is 23.1 Å². The zero-order valence-corrected chi connectivity index (χ0v) is 45.9. The molecule has 364 valence electrons. The van der Waals surface area contributed by atoms with Gasteiger partial charge in [0.05, 0.1) is 12.3 Å². The van der Waals surface area contributed by atoms with Gasteiger partial charge in [-0.2, -0.15) is 45.5 Å². The molecule has 0 bridgehead atoms. The Morgan fingerprint density at radius 3 is 0.519 bits per heavy atom. The molecule has 0 saturated heterocycles. The quantitative estimate of drug-likeness (QED) is 0.133. The molecule has 6 aliphatic rings. The summed E-state index contributed by atoms with van der Waals surface area (Å²) in [6.45, 7) is 4.83. The maximum atomic E-state index is 2.52. The topological polar surface area (TPSA) is 0 Å². The zero-order chi connectivity index (χ0) is 51.4. The van der Waals surface area contributed by atoms with Crippen molar-refractivity contribution in [2.24, 2.45) is 0 Å². The van der Waals surface area contributed by atoms with Crippen molar-refractivity contribution in [3.8, 4) is 0 Å². The SMILES string of the molecule is CC[B-](C1=Cc2cccc3cccc1c23)(C1=Cc2cccc3cccc1c23)C1=Cc2cccc3cccc1c23.CC[B-](C1=Cc2cccc3cccc1c23)(C1=Cc2cccc3cccc1c23)C1=Cc2cccc3cccc1c23.[Mg+2]. The van der Waals surface area contributed by atoms with Crippen molar-refractivity contribution in [2.45, 2.75) is 26.5 Å². The van der Waals surface area contributed by atoms with E-state index >= 15 is 0 Å². The number of hydrogen-bond acceptors (Lipinski definition) is 0. The molecule has 0 radical (unpaired) electrons. The first-order valence-electron chi connectivity index (χ1n) is 28.4. The van der Waals surface area contributed by atoms with Gasteiger partial charge in [-0.25, -0.2) is 0 Å². The van der Waals surface area contributed by atoms with Crippen molar-refractivity contribution in [1.29, 1.82) is 0 Å². The molecule has 0 aliphatic heterocycles. The second kappa shape index (κ2) is 17.3. The Labute approximate surface area is 477 Å². The fourth-order valence-corrected chi connectivity index (χ4v) is 16.6. The van der Waals surface area contributed by atoms with Crippen LogP contribution in [0.3, 0.4) is 0 Å². The van der Waals surface area contributed by atoms with Gasteiger partial charge in [0.25, 0.3) is 0 Å². The van der Waals surface area contributed by atoms with Crippen LogP contribution in [0.2, 0.25) is 12.6 Å². The van der Waals surface area contributed by atoms with Crippen molar-refractivity contribution < 1.29 is 0 Å². The van der Waals surface area contributed by atoms with Gasteiger partial charge in [-0.1, -0.05) is 302 Å². The molecule has 12 aromatic carbocycles. The number of rotatable bonds is 8. The summed E-state index contributed by atoms with van der Waals surface area (Å²) < 4.78 is 0. The molecule has 0 heterocycles. The average Bonchev–Trinajstić information content (AvgIpc) is 4.41. The standard InChI is InChI=1S/2C38H26B.Mg/c2*1-2-39(33-21-27-15-3-9-24-12-6-18-30(33)36(24)27,34-22-28-16-4-10-25-13-7-19-31(34)37(25)28)35-23-29-17-5-11-26-14-8-20-32(35)38(26)29;/h2*3-23H,2H2,1H3;/q2*-1;+2. The van der Waals surface area contributed by atoms with Crippen LogP contribution in [0.25, 0.3) is 134 Å². The fourth-order valence-electron chi connectivity index (χ4n) is 16.6. The molecule has 3 heteroatoms. The van der Waals surface area contributed by atoms with Gasteiger partial charge in [0.15, 0.2) is 0 Å². The molecule has 6 aliphatic carbocycles. The first-order chi connectivity index (χ1) is 38.6. The second-order valence-corrected chi connectivity index (χ2v) is 23.0. The maximum Gasteiger partial charge on any atom is 2.00 e. The third-order valence-corrected chi connectivity index (χ3v) is 19.8. The zero-order valence-electron chi connectivity index (χ0n) is 44.5. The van der Waals surface area contributed by atoms with Crippen LogP contribution in [0.1, 0.15) is 80.6 Å². The molecule has 0 nitrogen and oxygen atoms in total. The molecule has 12 aromatic rings. The summed E-state index contributed by atoms with van der Waals surface area (Å²) in [4.78, 5) is 0.